The van der Waals surface area contributed by atoms with Crippen molar-refractivity contribution >= 4 is 22.6 Å². The van der Waals surface area contributed by atoms with Gasteiger partial charge >= 0.3 is 0 Å². The number of benzene rings is 2. The number of fused-ring (bicyclic) bond motifs is 1. The number of rotatable bonds is 1. The molecule has 0 saturated heterocycles. The quantitative estimate of drug-likeness (QED) is 0.695. The predicted octanol–water partition coefficient (Wildman–Crippen LogP) is 4.60. The topological polar surface area (TPSA) is 33.4 Å². The summed E-state index contributed by atoms with van der Waals surface area (Å²) in [5.41, 5.74) is 1.34. The van der Waals surface area contributed by atoms with E-state index in [0.717, 1.165) is 5.56 Å². The van der Waals surface area contributed by atoms with Crippen LogP contribution in [0.4, 0.5) is 4.39 Å². The Kier molecular flexibility index (Phi) is 2.49. The van der Waals surface area contributed by atoms with Crippen molar-refractivity contribution in [3.05, 3.63) is 53.3 Å². The molecule has 4 heteroatoms. The van der Waals surface area contributed by atoms with Crippen LogP contribution in [0.3, 0.4) is 0 Å². The minimum atomic E-state index is -0.307. The lowest BCUT2D eigenvalue weighted by Crippen LogP contribution is -1.74. The zero-order valence-corrected chi connectivity index (χ0v) is 9.91. The van der Waals surface area contributed by atoms with Crippen LogP contribution in [0.5, 0.6) is 5.75 Å². The normalized spacial score (nSPS) is 11.0. The van der Waals surface area contributed by atoms with Gasteiger partial charge in [-0.3, -0.25) is 0 Å². The number of hydrogen-bond donors (Lipinski definition) is 1. The fraction of sp³-hybridized carbons (Fsp3) is 0. The van der Waals surface area contributed by atoms with Gasteiger partial charge in [0.15, 0.2) is 0 Å². The molecule has 0 saturated carbocycles. The second kappa shape index (κ2) is 4.03. The molecule has 3 rings (SSSR count). The lowest BCUT2D eigenvalue weighted by molar-refractivity contribution is 0.475. The Hall–Kier alpha value is -2.00. The molecule has 0 unspecified atom stereocenters. The summed E-state index contributed by atoms with van der Waals surface area (Å²) in [5.74, 6) is 0.290. The van der Waals surface area contributed by atoms with E-state index in [-0.39, 0.29) is 16.6 Å². The van der Waals surface area contributed by atoms with Gasteiger partial charge in [0.2, 0.25) is 0 Å². The third-order valence-corrected chi connectivity index (χ3v) is 3.01. The first-order valence-corrected chi connectivity index (χ1v) is 5.69. The third-order valence-electron chi connectivity index (χ3n) is 2.71. The van der Waals surface area contributed by atoms with Crippen molar-refractivity contribution in [1.82, 2.24) is 0 Å². The van der Waals surface area contributed by atoms with Gasteiger partial charge in [0.05, 0.1) is 5.02 Å². The van der Waals surface area contributed by atoms with E-state index in [1.54, 1.807) is 24.3 Å². The Balaban J connectivity index is 2.16. The van der Waals surface area contributed by atoms with Gasteiger partial charge in [-0.1, -0.05) is 11.6 Å². The number of halogens is 2. The molecule has 0 spiro atoms. The van der Waals surface area contributed by atoms with Gasteiger partial charge in [0.25, 0.3) is 0 Å². The van der Waals surface area contributed by atoms with E-state index in [0.29, 0.717) is 16.7 Å². The molecule has 3 aromatic rings. The SMILES string of the molecule is Oc1ccc(-c2cc3cc(F)ccc3o2)cc1Cl. The van der Waals surface area contributed by atoms with Gasteiger partial charge in [-0.15, -0.1) is 0 Å². The maximum atomic E-state index is 13.1. The van der Waals surface area contributed by atoms with Gasteiger partial charge in [0.1, 0.15) is 22.9 Å². The molecule has 1 N–H and O–H groups in total. The molecule has 1 heterocycles. The van der Waals surface area contributed by atoms with Crippen LogP contribution in [0.1, 0.15) is 0 Å². The lowest BCUT2D eigenvalue weighted by atomic mass is 10.1. The second-order valence-corrected chi connectivity index (χ2v) is 4.37. The molecule has 1 aromatic heterocycles. The minimum Gasteiger partial charge on any atom is -0.506 e. The van der Waals surface area contributed by atoms with Crippen molar-refractivity contribution in [1.29, 1.82) is 0 Å². The Morgan fingerprint density at radius 3 is 2.67 bits per heavy atom. The maximum absolute atomic E-state index is 13.1. The van der Waals surface area contributed by atoms with Crippen molar-refractivity contribution < 1.29 is 13.9 Å². The molecule has 0 aliphatic rings. The Labute approximate surface area is 107 Å². The Bertz CT molecular complexity index is 734. The van der Waals surface area contributed by atoms with Crippen LogP contribution in [0.25, 0.3) is 22.3 Å². The van der Waals surface area contributed by atoms with E-state index in [9.17, 15) is 9.50 Å². The Morgan fingerprint density at radius 1 is 1.06 bits per heavy atom. The first-order valence-electron chi connectivity index (χ1n) is 5.31. The van der Waals surface area contributed by atoms with Gasteiger partial charge < -0.3 is 9.52 Å². The smallest absolute Gasteiger partial charge is 0.135 e. The van der Waals surface area contributed by atoms with Crippen LogP contribution in [-0.4, -0.2) is 5.11 Å². The summed E-state index contributed by atoms with van der Waals surface area (Å²) in [6, 6.07) is 10.9. The first-order chi connectivity index (χ1) is 8.63. The number of aromatic hydroxyl groups is 1. The molecule has 0 amide bonds. The van der Waals surface area contributed by atoms with E-state index < -0.39 is 0 Å². The van der Waals surface area contributed by atoms with Crippen molar-refractivity contribution in [2.45, 2.75) is 0 Å². The van der Waals surface area contributed by atoms with Gasteiger partial charge in [-0.2, -0.15) is 0 Å². The summed E-state index contributed by atoms with van der Waals surface area (Å²) in [6.07, 6.45) is 0. The van der Waals surface area contributed by atoms with Crippen molar-refractivity contribution in [2.24, 2.45) is 0 Å². The molecule has 0 bridgehead atoms. The third kappa shape index (κ3) is 1.83. The molecule has 0 aliphatic carbocycles. The molecule has 0 atom stereocenters. The number of furan rings is 1. The number of phenolic OH excluding ortho intramolecular Hbond substituents is 1. The lowest BCUT2D eigenvalue weighted by Gasteiger charge is -1.99. The average molecular weight is 263 g/mol. The monoisotopic (exact) mass is 262 g/mol. The highest BCUT2D eigenvalue weighted by Crippen LogP contribution is 2.32. The van der Waals surface area contributed by atoms with E-state index in [2.05, 4.69) is 0 Å². The van der Waals surface area contributed by atoms with Crippen molar-refractivity contribution in [3.8, 4) is 17.1 Å². The predicted molar refractivity (Wildman–Crippen MR) is 68.3 cm³/mol. The molecular formula is C14H8ClFO2. The average Bonchev–Trinajstić information content (AvgIpc) is 2.75. The Morgan fingerprint density at radius 2 is 1.89 bits per heavy atom. The molecule has 2 aromatic carbocycles. The highest BCUT2D eigenvalue weighted by atomic mass is 35.5. The maximum Gasteiger partial charge on any atom is 0.135 e. The van der Waals surface area contributed by atoms with Crippen LogP contribution in [-0.2, 0) is 0 Å². The fourth-order valence-corrected chi connectivity index (χ4v) is 2.00. The fourth-order valence-electron chi connectivity index (χ4n) is 1.82. The highest BCUT2D eigenvalue weighted by Gasteiger charge is 2.08. The van der Waals surface area contributed by atoms with Gasteiger partial charge in [0, 0.05) is 10.9 Å². The molecule has 0 fully saturated rings. The molecule has 0 aliphatic heterocycles. The van der Waals surface area contributed by atoms with Crippen LogP contribution in [0.2, 0.25) is 5.02 Å². The van der Waals surface area contributed by atoms with Gasteiger partial charge in [-0.05, 0) is 42.5 Å². The summed E-state index contributed by atoms with van der Waals surface area (Å²) in [4.78, 5) is 0. The van der Waals surface area contributed by atoms with Crippen molar-refractivity contribution in [3.63, 3.8) is 0 Å². The van der Waals surface area contributed by atoms with Crippen LogP contribution in [0.15, 0.2) is 46.9 Å². The molecule has 90 valence electrons. The highest BCUT2D eigenvalue weighted by molar-refractivity contribution is 6.32. The summed E-state index contributed by atoms with van der Waals surface area (Å²) in [6.45, 7) is 0. The molecule has 2 nitrogen and oxygen atoms in total. The summed E-state index contributed by atoms with van der Waals surface area (Å²) in [7, 11) is 0. The molecular weight excluding hydrogens is 255 g/mol. The van der Waals surface area contributed by atoms with Crippen LogP contribution < -0.4 is 0 Å². The van der Waals surface area contributed by atoms with Crippen LogP contribution in [0, 0.1) is 5.82 Å². The van der Waals surface area contributed by atoms with E-state index in [1.165, 1.54) is 18.2 Å². The second-order valence-electron chi connectivity index (χ2n) is 3.96. The standard InChI is InChI=1S/C14H8ClFO2/c15-11-6-8(1-3-12(11)17)14-7-9-5-10(16)2-4-13(9)18-14/h1-7,17H. The summed E-state index contributed by atoms with van der Waals surface area (Å²) >= 11 is 5.84. The van der Waals surface area contributed by atoms with E-state index in [1.807, 2.05) is 0 Å². The minimum absolute atomic E-state index is 0.0163. The first kappa shape index (κ1) is 11.1. The van der Waals surface area contributed by atoms with E-state index in [4.69, 9.17) is 16.0 Å². The summed E-state index contributed by atoms with van der Waals surface area (Å²) < 4.78 is 18.7. The van der Waals surface area contributed by atoms with Crippen molar-refractivity contribution in [2.75, 3.05) is 0 Å². The van der Waals surface area contributed by atoms with Crippen LogP contribution >= 0.6 is 11.6 Å². The molecule has 0 radical (unpaired) electrons. The number of hydrogen-bond acceptors (Lipinski definition) is 2. The van der Waals surface area contributed by atoms with Gasteiger partial charge in [-0.25, -0.2) is 4.39 Å². The zero-order valence-electron chi connectivity index (χ0n) is 9.15. The largest absolute Gasteiger partial charge is 0.506 e. The summed E-state index contributed by atoms with van der Waals surface area (Å²) in [5, 5.41) is 10.3. The molecule has 18 heavy (non-hydrogen) atoms. The number of phenols is 1. The zero-order chi connectivity index (χ0) is 12.7. The van der Waals surface area contributed by atoms with E-state index >= 15 is 0 Å².